The molecule has 0 heterocycles. The first-order valence-corrected chi connectivity index (χ1v) is 18.7. The zero-order chi connectivity index (χ0) is 35.6. The van der Waals surface area contributed by atoms with Crippen LogP contribution in [0.3, 0.4) is 0 Å². The van der Waals surface area contributed by atoms with Crippen LogP contribution < -0.4 is 9.80 Å². The number of hydrogen-bond acceptors (Lipinski definition) is 2. The number of para-hydroxylation sites is 2. The maximum Gasteiger partial charge on any atom is 0.0546 e. The van der Waals surface area contributed by atoms with Crippen LogP contribution in [0.5, 0.6) is 0 Å². The molecule has 0 saturated carbocycles. The van der Waals surface area contributed by atoms with Gasteiger partial charge in [0.2, 0.25) is 0 Å². The van der Waals surface area contributed by atoms with Gasteiger partial charge in [0.1, 0.15) is 0 Å². The van der Waals surface area contributed by atoms with Gasteiger partial charge in [0.15, 0.2) is 0 Å². The Balaban J connectivity index is 1.39. The van der Waals surface area contributed by atoms with E-state index in [2.05, 4.69) is 207 Å². The average Bonchev–Trinajstić information content (AvgIpc) is 3.17. The van der Waals surface area contributed by atoms with Crippen molar-refractivity contribution in [1.82, 2.24) is 0 Å². The van der Waals surface area contributed by atoms with Gasteiger partial charge in [0.05, 0.1) is 11.4 Å². The minimum atomic E-state index is 0.612. The van der Waals surface area contributed by atoms with E-state index < -0.39 is 0 Å². The normalized spacial score (nSPS) is 11.6. The molecular weight excluding hydrogens is 629 g/mol. The molecule has 256 valence electrons. The quantitative estimate of drug-likeness (QED) is 0.133. The molecule has 0 radical (unpaired) electrons. The molecule has 8 aromatic carbocycles. The van der Waals surface area contributed by atoms with Crippen molar-refractivity contribution < 1.29 is 0 Å². The van der Waals surface area contributed by atoms with Crippen LogP contribution in [0, 0.1) is 11.8 Å². The van der Waals surface area contributed by atoms with Gasteiger partial charge in [-0.15, -0.1) is 0 Å². The number of benzene rings is 8. The Bertz CT molecular complexity index is 2270. The average molecular weight is 675 g/mol. The summed E-state index contributed by atoms with van der Waals surface area (Å²) >= 11 is 0. The van der Waals surface area contributed by atoms with Crippen molar-refractivity contribution >= 4 is 66.4 Å². The Morgan fingerprint density at radius 2 is 0.635 bits per heavy atom. The summed E-state index contributed by atoms with van der Waals surface area (Å²) in [6, 6.07) is 62.6. The summed E-state index contributed by atoms with van der Waals surface area (Å²) in [5.74, 6) is 1.22. The first-order valence-electron chi connectivity index (χ1n) is 18.7. The van der Waals surface area contributed by atoms with Crippen LogP contribution in [0.15, 0.2) is 170 Å². The van der Waals surface area contributed by atoms with E-state index in [0.29, 0.717) is 11.8 Å². The van der Waals surface area contributed by atoms with E-state index in [4.69, 9.17) is 0 Å². The van der Waals surface area contributed by atoms with Gasteiger partial charge in [-0.05, 0) is 118 Å². The molecule has 0 N–H and O–H groups in total. The smallest absolute Gasteiger partial charge is 0.0546 e. The van der Waals surface area contributed by atoms with Crippen molar-refractivity contribution in [2.75, 3.05) is 9.80 Å². The Morgan fingerprint density at radius 1 is 0.327 bits per heavy atom. The molecule has 0 unspecified atom stereocenters. The second-order valence-corrected chi connectivity index (χ2v) is 14.8. The highest BCUT2D eigenvalue weighted by atomic mass is 15.1. The lowest BCUT2D eigenvalue weighted by Crippen LogP contribution is -2.12. The predicted molar refractivity (Wildman–Crippen MR) is 225 cm³/mol. The predicted octanol–water partition coefficient (Wildman–Crippen LogP) is 14.5. The second kappa shape index (κ2) is 14.4. The fourth-order valence-electron chi connectivity index (χ4n) is 7.80. The van der Waals surface area contributed by atoms with E-state index >= 15 is 0 Å². The molecule has 2 heteroatoms. The van der Waals surface area contributed by atoms with Crippen LogP contribution in [0.2, 0.25) is 0 Å². The molecule has 2 nitrogen and oxygen atoms in total. The molecule has 0 aliphatic heterocycles. The summed E-state index contributed by atoms with van der Waals surface area (Å²) in [6.07, 6.45) is 2.14. The lowest BCUT2D eigenvalue weighted by molar-refractivity contribution is 0.647. The first-order chi connectivity index (χ1) is 25.4. The molecule has 0 amide bonds. The van der Waals surface area contributed by atoms with E-state index in [9.17, 15) is 0 Å². The van der Waals surface area contributed by atoms with Crippen LogP contribution >= 0.6 is 0 Å². The molecule has 8 aromatic rings. The maximum atomic E-state index is 2.43. The van der Waals surface area contributed by atoms with Crippen LogP contribution in [0.1, 0.15) is 38.8 Å². The summed E-state index contributed by atoms with van der Waals surface area (Å²) in [5.41, 5.74) is 9.66. The van der Waals surface area contributed by atoms with Gasteiger partial charge in [0.25, 0.3) is 0 Å². The molecule has 0 aromatic heterocycles. The number of anilines is 6. The summed E-state index contributed by atoms with van der Waals surface area (Å²) in [5, 5.41) is 7.39. The van der Waals surface area contributed by atoms with Crippen LogP contribution in [0.25, 0.3) is 32.3 Å². The minimum Gasteiger partial charge on any atom is -0.310 e. The molecular formula is C50H46N2. The van der Waals surface area contributed by atoms with Crippen molar-refractivity contribution in [3.05, 3.63) is 181 Å². The Labute approximate surface area is 308 Å². The Kier molecular flexibility index (Phi) is 9.22. The number of nitrogens with zero attached hydrogens (tertiary/aromatic N) is 2. The maximum absolute atomic E-state index is 2.43. The monoisotopic (exact) mass is 674 g/mol. The number of rotatable bonds is 10. The van der Waals surface area contributed by atoms with Crippen LogP contribution in [0.4, 0.5) is 34.1 Å². The molecule has 52 heavy (non-hydrogen) atoms. The van der Waals surface area contributed by atoms with Gasteiger partial charge in [-0.1, -0.05) is 137 Å². The fourth-order valence-corrected chi connectivity index (χ4v) is 7.80. The molecule has 0 atom stereocenters. The third-order valence-corrected chi connectivity index (χ3v) is 10.0. The molecule has 0 fully saturated rings. The largest absolute Gasteiger partial charge is 0.310 e. The topological polar surface area (TPSA) is 6.48 Å². The summed E-state index contributed by atoms with van der Waals surface area (Å²) in [4.78, 5) is 4.86. The Morgan fingerprint density at radius 3 is 0.981 bits per heavy atom. The molecule has 0 aliphatic carbocycles. The third-order valence-electron chi connectivity index (χ3n) is 10.0. The Hall–Kier alpha value is -5.86. The summed E-state index contributed by atoms with van der Waals surface area (Å²) in [6.45, 7) is 9.13. The standard InChI is InChI=1S/C50H46N2/c1-35(2)31-37-23-27-41(28-24-37)51(39-15-7-5-8-16-39)49-33-47-44-20-12-14-22-46(44)50(34-48(47)43-19-11-13-21-45(43)49)52(40-17-9-6-10-18-40)42-29-25-38(26-30-42)32-36(3)4/h5-30,33-36H,31-32H2,1-4H3. The molecule has 0 spiro atoms. The molecule has 0 saturated heterocycles. The lowest BCUT2D eigenvalue weighted by atomic mass is 9.93. The minimum absolute atomic E-state index is 0.612. The van der Waals surface area contributed by atoms with Gasteiger partial charge in [-0.2, -0.15) is 0 Å². The van der Waals surface area contributed by atoms with Gasteiger partial charge in [0, 0.05) is 33.5 Å². The zero-order valence-electron chi connectivity index (χ0n) is 30.6. The molecule has 0 bridgehead atoms. The molecule has 0 aliphatic rings. The van der Waals surface area contributed by atoms with Crippen molar-refractivity contribution in [3.8, 4) is 0 Å². The summed E-state index contributed by atoms with van der Waals surface area (Å²) in [7, 11) is 0. The number of hydrogen-bond donors (Lipinski definition) is 0. The fraction of sp³-hybridized carbons (Fsp3) is 0.160. The van der Waals surface area contributed by atoms with Crippen molar-refractivity contribution in [2.24, 2.45) is 11.8 Å². The van der Waals surface area contributed by atoms with E-state index in [0.717, 1.165) is 35.6 Å². The highest BCUT2D eigenvalue weighted by molar-refractivity contribution is 6.24. The summed E-state index contributed by atoms with van der Waals surface area (Å²) < 4.78 is 0. The van der Waals surface area contributed by atoms with Crippen molar-refractivity contribution in [3.63, 3.8) is 0 Å². The van der Waals surface area contributed by atoms with Crippen molar-refractivity contribution in [1.29, 1.82) is 0 Å². The van der Waals surface area contributed by atoms with E-state index in [1.165, 1.54) is 54.8 Å². The van der Waals surface area contributed by atoms with Gasteiger partial charge in [-0.3, -0.25) is 0 Å². The molecule has 8 rings (SSSR count). The van der Waals surface area contributed by atoms with Gasteiger partial charge >= 0.3 is 0 Å². The highest BCUT2D eigenvalue weighted by Gasteiger charge is 2.22. The third kappa shape index (κ3) is 6.53. The van der Waals surface area contributed by atoms with E-state index in [1.807, 2.05) is 0 Å². The SMILES string of the molecule is CC(C)Cc1ccc(N(c2ccccc2)c2cc3c4ccccc4c(N(c4ccccc4)c4ccc(CC(C)C)cc4)cc3c3ccccc23)cc1. The second-order valence-electron chi connectivity index (χ2n) is 14.8. The van der Waals surface area contributed by atoms with E-state index in [1.54, 1.807) is 0 Å². The zero-order valence-corrected chi connectivity index (χ0v) is 30.6. The van der Waals surface area contributed by atoms with Crippen molar-refractivity contribution in [2.45, 2.75) is 40.5 Å². The van der Waals surface area contributed by atoms with E-state index in [-0.39, 0.29) is 0 Å². The van der Waals surface area contributed by atoms with Gasteiger partial charge < -0.3 is 9.80 Å². The van der Waals surface area contributed by atoms with Crippen LogP contribution in [-0.4, -0.2) is 0 Å². The van der Waals surface area contributed by atoms with Crippen LogP contribution in [-0.2, 0) is 12.8 Å². The van der Waals surface area contributed by atoms with Gasteiger partial charge in [-0.25, -0.2) is 0 Å². The first kappa shape index (κ1) is 33.3. The highest BCUT2D eigenvalue weighted by Crippen LogP contribution is 2.47. The lowest BCUT2D eigenvalue weighted by Gasteiger charge is -2.30. The number of fused-ring (bicyclic) bond motifs is 5.